The molecule has 0 fully saturated rings. The van der Waals surface area contributed by atoms with E-state index < -0.39 is 15.8 Å². The van der Waals surface area contributed by atoms with Gasteiger partial charge in [-0.3, -0.25) is 4.79 Å². The van der Waals surface area contributed by atoms with Crippen molar-refractivity contribution in [2.24, 2.45) is 0 Å². The predicted octanol–water partition coefficient (Wildman–Crippen LogP) is 2.95. The number of sulfonamides is 1. The van der Waals surface area contributed by atoms with E-state index in [1.54, 1.807) is 30.3 Å². The first-order valence-electron chi connectivity index (χ1n) is 7.44. The van der Waals surface area contributed by atoms with Crippen molar-refractivity contribution in [2.75, 3.05) is 25.2 Å². The Labute approximate surface area is 151 Å². The molecule has 1 N–H and O–H groups in total. The van der Waals surface area contributed by atoms with E-state index in [9.17, 15) is 17.6 Å². The molecule has 0 aliphatic carbocycles. The molecule has 25 heavy (non-hydrogen) atoms. The minimum atomic E-state index is -3.48. The van der Waals surface area contributed by atoms with E-state index in [0.29, 0.717) is 5.75 Å². The van der Waals surface area contributed by atoms with Gasteiger partial charge in [-0.25, -0.2) is 17.1 Å². The molecule has 0 radical (unpaired) electrons. The molecule has 2 rings (SSSR count). The fourth-order valence-corrected chi connectivity index (χ4v) is 3.76. The molecule has 0 saturated carbocycles. The SMILES string of the molecule is CN(C)S(=O)(=O)c1cccc(CSCC(=O)Nc2ccccc2F)c1. The summed E-state index contributed by atoms with van der Waals surface area (Å²) in [6, 6.07) is 12.6. The van der Waals surface area contributed by atoms with Crippen LogP contribution in [-0.2, 0) is 20.6 Å². The van der Waals surface area contributed by atoms with E-state index in [1.807, 2.05) is 0 Å². The molecule has 0 saturated heterocycles. The summed E-state index contributed by atoms with van der Waals surface area (Å²) in [5, 5.41) is 2.51. The summed E-state index contributed by atoms with van der Waals surface area (Å²) in [6.45, 7) is 0. The fraction of sp³-hybridized carbons (Fsp3) is 0.235. The summed E-state index contributed by atoms with van der Waals surface area (Å²) in [5.74, 6) is -0.185. The molecule has 0 bridgehead atoms. The third-order valence-electron chi connectivity index (χ3n) is 3.33. The molecule has 8 heteroatoms. The van der Waals surface area contributed by atoms with Gasteiger partial charge in [-0.1, -0.05) is 24.3 Å². The van der Waals surface area contributed by atoms with E-state index >= 15 is 0 Å². The molecule has 0 aliphatic rings. The maximum absolute atomic E-state index is 13.5. The number of carbonyl (C=O) groups excluding carboxylic acids is 1. The number of nitrogens with zero attached hydrogens (tertiary/aromatic N) is 1. The van der Waals surface area contributed by atoms with Crippen LogP contribution in [0.15, 0.2) is 53.4 Å². The van der Waals surface area contributed by atoms with Crippen LogP contribution >= 0.6 is 11.8 Å². The van der Waals surface area contributed by atoms with Gasteiger partial charge in [0.05, 0.1) is 16.3 Å². The van der Waals surface area contributed by atoms with Crippen molar-refractivity contribution in [3.63, 3.8) is 0 Å². The molecule has 0 aromatic heterocycles. The van der Waals surface area contributed by atoms with Gasteiger partial charge in [0.1, 0.15) is 5.82 Å². The Morgan fingerprint density at radius 3 is 2.56 bits per heavy atom. The second-order valence-electron chi connectivity index (χ2n) is 5.46. The second kappa shape index (κ2) is 8.46. The predicted molar refractivity (Wildman–Crippen MR) is 98.5 cm³/mol. The minimum absolute atomic E-state index is 0.138. The Morgan fingerprint density at radius 2 is 1.88 bits per heavy atom. The molecular weight excluding hydrogens is 363 g/mol. The van der Waals surface area contributed by atoms with E-state index in [4.69, 9.17) is 0 Å². The van der Waals surface area contributed by atoms with E-state index in [2.05, 4.69) is 5.32 Å². The topological polar surface area (TPSA) is 66.5 Å². The zero-order valence-corrected chi connectivity index (χ0v) is 15.5. The number of nitrogens with one attached hydrogen (secondary N) is 1. The highest BCUT2D eigenvalue weighted by Gasteiger charge is 2.17. The largest absolute Gasteiger partial charge is 0.323 e. The lowest BCUT2D eigenvalue weighted by molar-refractivity contribution is -0.113. The Bertz CT molecular complexity index is 854. The molecule has 5 nitrogen and oxygen atoms in total. The molecule has 0 aliphatic heterocycles. The van der Waals surface area contributed by atoms with Crippen molar-refractivity contribution in [1.82, 2.24) is 4.31 Å². The van der Waals surface area contributed by atoms with Gasteiger partial charge in [-0.2, -0.15) is 0 Å². The van der Waals surface area contributed by atoms with E-state index in [-0.39, 0.29) is 22.2 Å². The molecular formula is C17H19FN2O3S2. The summed E-state index contributed by atoms with van der Waals surface area (Å²) in [4.78, 5) is 12.1. The molecule has 0 heterocycles. The smallest absolute Gasteiger partial charge is 0.242 e. The van der Waals surface area contributed by atoms with Crippen molar-refractivity contribution in [1.29, 1.82) is 0 Å². The zero-order valence-electron chi connectivity index (χ0n) is 13.9. The van der Waals surface area contributed by atoms with Crippen LogP contribution in [0.1, 0.15) is 5.56 Å². The van der Waals surface area contributed by atoms with E-state index in [0.717, 1.165) is 9.87 Å². The first kappa shape index (κ1) is 19.4. The molecule has 0 atom stereocenters. The number of anilines is 1. The number of thioether (sulfide) groups is 1. The number of rotatable bonds is 7. The molecule has 134 valence electrons. The van der Waals surface area contributed by atoms with Crippen molar-refractivity contribution in [2.45, 2.75) is 10.6 Å². The number of amides is 1. The van der Waals surface area contributed by atoms with Crippen LogP contribution in [0.25, 0.3) is 0 Å². The second-order valence-corrected chi connectivity index (χ2v) is 8.59. The van der Waals surface area contributed by atoms with Crippen LogP contribution in [0.2, 0.25) is 0 Å². The maximum Gasteiger partial charge on any atom is 0.242 e. The quantitative estimate of drug-likeness (QED) is 0.800. The van der Waals surface area contributed by atoms with Crippen LogP contribution in [0.3, 0.4) is 0 Å². The van der Waals surface area contributed by atoms with Crippen molar-refractivity contribution in [3.05, 3.63) is 59.9 Å². The zero-order chi connectivity index (χ0) is 18.4. The van der Waals surface area contributed by atoms with Crippen molar-refractivity contribution < 1.29 is 17.6 Å². The van der Waals surface area contributed by atoms with Crippen LogP contribution in [0.4, 0.5) is 10.1 Å². The Hall–Kier alpha value is -1.90. The highest BCUT2D eigenvalue weighted by Crippen LogP contribution is 2.19. The Morgan fingerprint density at radius 1 is 1.16 bits per heavy atom. The third kappa shape index (κ3) is 5.29. The van der Waals surface area contributed by atoms with Gasteiger partial charge in [0.15, 0.2) is 0 Å². The van der Waals surface area contributed by atoms with Crippen LogP contribution < -0.4 is 5.32 Å². The molecule has 2 aromatic rings. The average Bonchev–Trinajstić information content (AvgIpc) is 2.57. The maximum atomic E-state index is 13.5. The summed E-state index contributed by atoms with van der Waals surface area (Å²) in [7, 11) is -0.531. The van der Waals surface area contributed by atoms with Gasteiger partial charge in [-0.05, 0) is 29.8 Å². The molecule has 0 spiro atoms. The Balaban J connectivity index is 1.92. The number of hydrogen-bond donors (Lipinski definition) is 1. The van der Waals surface area contributed by atoms with Gasteiger partial charge < -0.3 is 5.32 Å². The average molecular weight is 382 g/mol. The Kier molecular flexibility index (Phi) is 6.57. The standard InChI is InChI=1S/C17H19FN2O3S2/c1-20(2)25(22,23)14-7-5-6-13(10-14)11-24-12-17(21)19-16-9-4-3-8-15(16)18/h3-10H,11-12H2,1-2H3,(H,19,21). The summed E-state index contributed by atoms with van der Waals surface area (Å²) in [6.07, 6.45) is 0. The first-order chi connectivity index (χ1) is 11.8. The van der Waals surface area contributed by atoms with Crippen molar-refractivity contribution in [3.8, 4) is 0 Å². The van der Waals surface area contributed by atoms with Crippen molar-refractivity contribution >= 4 is 33.4 Å². The van der Waals surface area contributed by atoms with Crippen LogP contribution in [-0.4, -0.2) is 38.5 Å². The highest BCUT2D eigenvalue weighted by molar-refractivity contribution is 7.99. The normalized spacial score (nSPS) is 11.5. The van der Waals surface area contributed by atoms with Crippen LogP contribution in [0.5, 0.6) is 0 Å². The molecule has 2 aromatic carbocycles. The minimum Gasteiger partial charge on any atom is -0.323 e. The summed E-state index contributed by atoms with van der Waals surface area (Å²) in [5.41, 5.74) is 0.943. The lowest BCUT2D eigenvalue weighted by Crippen LogP contribution is -2.22. The number of para-hydroxylation sites is 1. The number of carbonyl (C=O) groups is 1. The third-order valence-corrected chi connectivity index (χ3v) is 6.14. The highest BCUT2D eigenvalue weighted by atomic mass is 32.2. The number of hydrogen-bond acceptors (Lipinski definition) is 4. The van der Waals surface area contributed by atoms with E-state index in [1.165, 1.54) is 44.1 Å². The van der Waals surface area contributed by atoms with Gasteiger partial charge >= 0.3 is 0 Å². The monoisotopic (exact) mass is 382 g/mol. The molecule has 1 amide bonds. The number of benzene rings is 2. The van der Waals surface area contributed by atoms with Gasteiger partial charge in [0.2, 0.25) is 15.9 Å². The molecule has 0 unspecified atom stereocenters. The number of halogens is 1. The first-order valence-corrected chi connectivity index (χ1v) is 10.0. The fourth-order valence-electron chi connectivity index (χ4n) is 2.02. The van der Waals surface area contributed by atoms with Gasteiger partial charge in [-0.15, -0.1) is 11.8 Å². The lowest BCUT2D eigenvalue weighted by Gasteiger charge is -2.12. The lowest BCUT2D eigenvalue weighted by atomic mass is 10.2. The van der Waals surface area contributed by atoms with Crippen LogP contribution in [0, 0.1) is 5.82 Å². The van der Waals surface area contributed by atoms with Gasteiger partial charge in [0, 0.05) is 19.8 Å². The van der Waals surface area contributed by atoms with Gasteiger partial charge in [0.25, 0.3) is 0 Å². The summed E-state index contributed by atoms with van der Waals surface area (Å²) >= 11 is 1.32. The summed E-state index contributed by atoms with van der Waals surface area (Å²) < 4.78 is 38.9.